The molecular formula is C27H27F3N2O3. The van der Waals surface area contributed by atoms with E-state index in [1.165, 1.54) is 24.1 Å². The number of nitrogens with zero attached hydrogens (tertiary/aromatic N) is 1. The molecule has 1 aromatic heterocycles. The van der Waals surface area contributed by atoms with Crippen LogP contribution in [0.3, 0.4) is 0 Å². The number of benzene rings is 2. The van der Waals surface area contributed by atoms with Crippen molar-refractivity contribution in [3.05, 3.63) is 76.6 Å². The van der Waals surface area contributed by atoms with Gasteiger partial charge in [0, 0.05) is 34.6 Å². The minimum absolute atomic E-state index is 0.101. The van der Waals surface area contributed by atoms with Crippen LogP contribution in [0.15, 0.2) is 48.7 Å². The first-order valence-corrected chi connectivity index (χ1v) is 11.3. The fourth-order valence-corrected chi connectivity index (χ4v) is 4.62. The van der Waals surface area contributed by atoms with Crippen molar-refractivity contribution in [2.75, 3.05) is 6.54 Å². The monoisotopic (exact) mass is 484 g/mol. The predicted octanol–water partition coefficient (Wildman–Crippen LogP) is 6.22. The topological polar surface area (TPSA) is 62.4 Å². The number of hydrogen-bond acceptors (Lipinski definition) is 3. The highest BCUT2D eigenvalue weighted by molar-refractivity contribution is 6.18. The van der Waals surface area contributed by atoms with Gasteiger partial charge in [-0.25, -0.2) is 4.79 Å². The third kappa shape index (κ3) is 4.70. The number of nitrogens with one attached hydrogen (secondary N) is 1. The van der Waals surface area contributed by atoms with E-state index in [1.54, 1.807) is 13.8 Å². The zero-order valence-electron chi connectivity index (χ0n) is 20.2. The van der Waals surface area contributed by atoms with Crippen molar-refractivity contribution in [2.45, 2.75) is 52.3 Å². The molecule has 4 rings (SSSR count). The van der Waals surface area contributed by atoms with Crippen molar-refractivity contribution in [3.63, 3.8) is 0 Å². The minimum atomic E-state index is -4.59. The summed E-state index contributed by atoms with van der Waals surface area (Å²) in [5.74, 6) is -1.25. The molecule has 0 saturated carbocycles. The highest BCUT2D eigenvalue weighted by Crippen LogP contribution is 2.41. The number of amides is 1. The number of halogens is 3. The molecule has 2 heterocycles. The number of aromatic nitrogens is 1. The van der Waals surface area contributed by atoms with Crippen LogP contribution in [0.25, 0.3) is 16.5 Å². The van der Waals surface area contributed by atoms with Crippen molar-refractivity contribution in [3.8, 4) is 0 Å². The van der Waals surface area contributed by atoms with Gasteiger partial charge in [-0.3, -0.25) is 4.79 Å². The van der Waals surface area contributed by atoms with E-state index in [0.29, 0.717) is 11.3 Å². The van der Waals surface area contributed by atoms with Gasteiger partial charge < -0.3 is 14.6 Å². The number of aromatic amines is 1. The average molecular weight is 485 g/mol. The molecule has 5 nitrogen and oxygen atoms in total. The second-order valence-corrected chi connectivity index (χ2v) is 9.82. The smallest absolute Gasteiger partial charge is 0.416 e. The first-order chi connectivity index (χ1) is 16.3. The lowest BCUT2D eigenvalue weighted by molar-refractivity contribution is -0.140. The Kier molecular flexibility index (Phi) is 6.03. The van der Waals surface area contributed by atoms with Crippen molar-refractivity contribution in [1.82, 2.24) is 9.88 Å². The molecule has 8 heteroatoms. The number of hydrogen-bond donors (Lipinski definition) is 1. The Morgan fingerprint density at radius 3 is 2.46 bits per heavy atom. The third-order valence-electron chi connectivity index (χ3n) is 5.98. The zero-order chi connectivity index (χ0) is 25.7. The van der Waals surface area contributed by atoms with Crippen LogP contribution in [0, 0.1) is 6.92 Å². The molecule has 1 aliphatic rings. The van der Waals surface area contributed by atoms with E-state index in [1.807, 2.05) is 38.1 Å². The van der Waals surface area contributed by atoms with Crippen LogP contribution in [0.2, 0.25) is 0 Å². The first-order valence-electron chi connectivity index (χ1n) is 11.3. The molecule has 1 N–H and O–H groups in total. The van der Waals surface area contributed by atoms with E-state index < -0.39 is 35.1 Å². The fraction of sp³-hybridized carbons (Fsp3) is 0.333. The van der Waals surface area contributed by atoms with Gasteiger partial charge in [-0.2, -0.15) is 13.2 Å². The number of carbonyl (C=O) groups excluding carboxylic acids is 2. The van der Waals surface area contributed by atoms with E-state index >= 15 is 0 Å². The number of H-pyrrole nitrogens is 1. The maximum Gasteiger partial charge on any atom is 0.416 e. The van der Waals surface area contributed by atoms with Crippen LogP contribution in [-0.4, -0.2) is 34.4 Å². The molecule has 35 heavy (non-hydrogen) atoms. The molecule has 0 aliphatic carbocycles. The second kappa shape index (κ2) is 8.59. The summed E-state index contributed by atoms with van der Waals surface area (Å²) >= 11 is 0. The second-order valence-electron chi connectivity index (χ2n) is 9.82. The molecular weight excluding hydrogens is 457 g/mol. The van der Waals surface area contributed by atoms with Crippen LogP contribution in [0.4, 0.5) is 13.2 Å². The number of rotatable bonds is 3. The summed E-state index contributed by atoms with van der Waals surface area (Å²) in [6.45, 7) is 8.98. The van der Waals surface area contributed by atoms with Crippen LogP contribution < -0.4 is 0 Å². The Labute approximate surface area is 201 Å². The Hall–Kier alpha value is -3.55. The van der Waals surface area contributed by atoms with Gasteiger partial charge in [0.25, 0.3) is 5.91 Å². The Morgan fingerprint density at radius 2 is 1.80 bits per heavy atom. The quantitative estimate of drug-likeness (QED) is 0.449. The summed E-state index contributed by atoms with van der Waals surface area (Å²) in [6.07, 6.45) is -3.59. The molecule has 184 valence electrons. The van der Waals surface area contributed by atoms with Gasteiger partial charge in [0.1, 0.15) is 0 Å². The van der Waals surface area contributed by atoms with Crippen LogP contribution >= 0.6 is 0 Å². The van der Waals surface area contributed by atoms with E-state index in [9.17, 15) is 22.8 Å². The summed E-state index contributed by atoms with van der Waals surface area (Å²) < 4.78 is 45.7. The number of alkyl halides is 3. The Morgan fingerprint density at radius 1 is 1.11 bits per heavy atom. The number of aryl methyl sites for hydroxylation is 1. The molecule has 0 radical (unpaired) electrons. The number of para-hydroxylation sites is 1. The van der Waals surface area contributed by atoms with E-state index in [2.05, 4.69) is 4.98 Å². The Balaban J connectivity index is 1.89. The summed E-state index contributed by atoms with van der Waals surface area (Å²) in [5, 5.41) is 0.903. The SMILES string of the molecule is Cc1cc(C(=O)N2C=C(C(=O)OC(C)C)c3[nH]c4ccccc4c3C(C)(C)C2)cc(C(F)(F)F)c1. The summed E-state index contributed by atoms with van der Waals surface area (Å²) in [4.78, 5) is 31.3. The first kappa shape index (κ1) is 24.6. The van der Waals surface area contributed by atoms with E-state index in [4.69, 9.17) is 4.74 Å². The normalized spacial score (nSPS) is 15.6. The summed E-state index contributed by atoms with van der Waals surface area (Å²) in [7, 11) is 0. The number of fused-ring (bicyclic) bond motifs is 3. The molecule has 3 aromatic rings. The van der Waals surface area contributed by atoms with Gasteiger partial charge in [-0.05, 0) is 56.2 Å². The highest BCUT2D eigenvalue weighted by atomic mass is 19.4. The molecule has 0 unspecified atom stereocenters. The Bertz CT molecular complexity index is 1350. The lowest BCUT2D eigenvalue weighted by atomic mass is 9.81. The molecule has 0 saturated heterocycles. The minimum Gasteiger partial charge on any atom is -0.459 e. The molecule has 0 spiro atoms. The van der Waals surface area contributed by atoms with Crippen molar-refractivity contribution >= 4 is 28.4 Å². The number of carbonyl (C=O) groups is 2. The van der Waals surface area contributed by atoms with Crippen molar-refractivity contribution in [2.24, 2.45) is 0 Å². The highest BCUT2D eigenvalue weighted by Gasteiger charge is 2.38. The lowest BCUT2D eigenvalue weighted by Crippen LogP contribution is -2.37. The van der Waals surface area contributed by atoms with Gasteiger partial charge in [-0.1, -0.05) is 32.0 Å². The van der Waals surface area contributed by atoms with E-state index in [0.717, 1.165) is 28.6 Å². The zero-order valence-corrected chi connectivity index (χ0v) is 20.2. The van der Waals surface area contributed by atoms with Gasteiger partial charge in [0.2, 0.25) is 0 Å². The lowest BCUT2D eigenvalue weighted by Gasteiger charge is -2.30. The fourth-order valence-electron chi connectivity index (χ4n) is 4.62. The standard InChI is InChI=1S/C27H27F3N2O3/c1-15(2)35-25(34)20-13-32(24(33)17-10-16(3)11-18(12-17)27(28,29)30)14-26(4,5)22-19-8-6-7-9-21(19)31-23(20)22/h6-13,15,31H,14H2,1-5H3. The maximum absolute atomic E-state index is 13.6. The molecule has 0 atom stereocenters. The largest absolute Gasteiger partial charge is 0.459 e. The van der Waals surface area contributed by atoms with Crippen molar-refractivity contribution in [1.29, 1.82) is 0 Å². The molecule has 1 aliphatic heterocycles. The summed E-state index contributed by atoms with van der Waals surface area (Å²) in [5.41, 5.74) is 1.04. The number of esters is 1. The number of ether oxygens (including phenoxy) is 1. The summed E-state index contributed by atoms with van der Waals surface area (Å²) in [6, 6.07) is 10.9. The maximum atomic E-state index is 13.6. The predicted molar refractivity (Wildman–Crippen MR) is 128 cm³/mol. The van der Waals surface area contributed by atoms with Crippen LogP contribution in [0.1, 0.15) is 60.4 Å². The molecule has 2 aromatic carbocycles. The van der Waals surface area contributed by atoms with Gasteiger partial charge >= 0.3 is 12.1 Å². The van der Waals surface area contributed by atoms with Crippen LogP contribution in [-0.2, 0) is 21.1 Å². The van der Waals surface area contributed by atoms with Crippen molar-refractivity contribution < 1.29 is 27.5 Å². The third-order valence-corrected chi connectivity index (χ3v) is 5.98. The molecule has 0 bridgehead atoms. The average Bonchev–Trinajstić information content (AvgIpc) is 3.09. The molecule has 0 fully saturated rings. The van der Waals surface area contributed by atoms with Gasteiger partial charge in [0.05, 0.1) is 22.9 Å². The molecule has 1 amide bonds. The van der Waals surface area contributed by atoms with Gasteiger partial charge in [0.15, 0.2) is 0 Å². The van der Waals surface area contributed by atoms with Gasteiger partial charge in [-0.15, -0.1) is 0 Å². The van der Waals surface area contributed by atoms with Crippen LogP contribution in [0.5, 0.6) is 0 Å². The van der Waals surface area contributed by atoms with E-state index in [-0.39, 0.29) is 17.7 Å².